The molecule has 0 atom stereocenters. The maximum Gasteiger partial charge on any atom is 0.332 e. The molecule has 0 heterocycles. The van der Waals surface area contributed by atoms with Gasteiger partial charge in [0, 0.05) is 11.6 Å². The Morgan fingerprint density at radius 3 is 1.93 bits per heavy atom. The minimum atomic E-state index is -1.10. The average Bonchev–Trinajstić information content (AvgIpc) is 1.94. The molecule has 0 amide bonds. The first-order valence-corrected chi connectivity index (χ1v) is 4.10. The van der Waals surface area contributed by atoms with Crippen LogP contribution in [0.5, 0.6) is 0 Å². The summed E-state index contributed by atoms with van der Waals surface area (Å²) in [5.74, 6) is -2.13. The van der Waals surface area contributed by atoms with Crippen LogP contribution in [0.4, 0.5) is 0 Å². The Morgan fingerprint density at radius 2 is 1.64 bits per heavy atom. The number of rotatable bonds is 3. The number of aliphatic carboxylic acids is 2. The van der Waals surface area contributed by atoms with Crippen molar-refractivity contribution in [1.82, 2.24) is 0 Å². The molecular weight excluding hydrogens is 184 g/mol. The Labute approximate surface area is 82.6 Å². The molecule has 0 spiro atoms. The fourth-order valence-corrected chi connectivity index (χ4v) is 0.869. The van der Waals surface area contributed by atoms with E-state index in [1.54, 1.807) is 20.8 Å². The first-order valence-electron chi connectivity index (χ1n) is 4.10. The number of hydrogen-bond donors (Lipinski definition) is 2. The molecule has 0 aliphatic carbocycles. The van der Waals surface area contributed by atoms with Gasteiger partial charge in [-0.3, -0.25) is 0 Å². The van der Waals surface area contributed by atoms with Gasteiger partial charge in [-0.05, 0) is 5.41 Å². The van der Waals surface area contributed by atoms with Crippen molar-refractivity contribution in [3.63, 3.8) is 0 Å². The molecule has 0 aromatic heterocycles. The second kappa shape index (κ2) is 4.60. The van der Waals surface area contributed by atoms with E-state index in [4.69, 9.17) is 10.2 Å². The predicted molar refractivity (Wildman–Crippen MR) is 51.9 cm³/mol. The SMILES string of the molecule is CC(C)(C)/C(=C/C=C\C(=O)O)C(=O)O. The zero-order valence-corrected chi connectivity index (χ0v) is 8.44. The Bertz CT molecular complexity index is 292. The summed E-state index contributed by atoms with van der Waals surface area (Å²) in [6.07, 6.45) is 3.42. The second-order valence-electron chi connectivity index (χ2n) is 3.83. The molecule has 14 heavy (non-hydrogen) atoms. The van der Waals surface area contributed by atoms with Crippen molar-refractivity contribution < 1.29 is 19.8 Å². The highest BCUT2D eigenvalue weighted by atomic mass is 16.4. The van der Waals surface area contributed by atoms with Crippen LogP contribution >= 0.6 is 0 Å². The van der Waals surface area contributed by atoms with Gasteiger partial charge in [-0.1, -0.05) is 32.9 Å². The first-order chi connectivity index (χ1) is 6.25. The van der Waals surface area contributed by atoms with Crippen LogP contribution in [0, 0.1) is 5.41 Å². The summed E-state index contributed by atoms with van der Waals surface area (Å²) in [6, 6.07) is 0. The molecule has 0 rings (SSSR count). The van der Waals surface area contributed by atoms with E-state index in [-0.39, 0.29) is 5.57 Å². The van der Waals surface area contributed by atoms with Gasteiger partial charge in [0.2, 0.25) is 0 Å². The van der Waals surface area contributed by atoms with E-state index in [0.29, 0.717) is 0 Å². The molecule has 0 radical (unpaired) electrons. The molecule has 0 fully saturated rings. The molecule has 0 bridgehead atoms. The summed E-state index contributed by atoms with van der Waals surface area (Å²) in [6.45, 7) is 5.25. The molecule has 0 saturated carbocycles. The van der Waals surface area contributed by atoms with Crippen molar-refractivity contribution in [3.8, 4) is 0 Å². The third-order valence-electron chi connectivity index (χ3n) is 1.54. The fourth-order valence-electron chi connectivity index (χ4n) is 0.869. The summed E-state index contributed by atoms with van der Waals surface area (Å²) in [5.41, 5.74) is -0.329. The van der Waals surface area contributed by atoms with Crippen LogP contribution in [0.3, 0.4) is 0 Å². The summed E-state index contributed by atoms with van der Waals surface area (Å²) in [7, 11) is 0. The van der Waals surface area contributed by atoms with Crippen LogP contribution in [0.25, 0.3) is 0 Å². The van der Waals surface area contributed by atoms with Crippen LogP contribution in [0.1, 0.15) is 20.8 Å². The van der Waals surface area contributed by atoms with Crippen LogP contribution in [0.15, 0.2) is 23.8 Å². The van der Waals surface area contributed by atoms with Gasteiger partial charge in [-0.25, -0.2) is 9.59 Å². The Balaban J connectivity index is 4.86. The van der Waals surface area contributed by atoms with Crippen LogP contribution < -0.4 is 0 Å². The van der Waals surface area contributed by atoms with Gasteiger partial charge >= 0.3 is 11.9 Å². The van der Waals surface area contributed by atoms with E-state index >= 15 is 0 Å². The summed E-state index contributed by atoms with van der Waals surface area (Å²) < 4.78 is 0. The van der Waals surface area contributed by atoms with Gasteiger partial charge < -0.3 is 10.2 Å². The number of carboxylic acids is 2. The quantitative estimate of drug-likeness (QED) is 0.534. The molecule has 0 aliphatic heterocycles. The van der Waals surface area contributed by atoms with Gasteiger partial charge in [-0.2, -0.15) is 0 Å². The minimum absolute atomic E-state index is 0.176. The van der Waals surface area contributed by atoms with Gasteiger partial charge in [0.25, 0.3) is 0 Å². The van der Waals surface area contributed by atoms with E-state index in [1.165, 1.54) is 12.2 Å². The number of carboxylic acid groups (broad SMARTS) is 2. The predicted octanol–water partition coefficient (Wildman–Crippen LogP) is 1.68. The zero-order chi connectivity index (χ0) is 11.4. The molecule has 4 heteroatoms. The van der Waals surface area contributed by atoms with Crippen LogP contribution in [-0.2, 0) is 9.59 Å². The van der Waals surface area contributed by atoms with Gasteiger partial charge in [-0.15, -0.1) is 0 Å². The zero-order valence-electron chi connectivity index (χ0n) is 8.44. The lowest BCUT2D eigenvalue weighted by Gasteiger charge is -2.18. The third kappa shape index (κ3) is 4.45. The Kier molecular flexibility index (Phi) is 4.08. The van der Waals surface area contributed by atoms with Crippen molar-refractivity contribution in [2.45, 2.75) is 20.8 Å². The van der Waals surface area contributed by atoms with Gasteiger partial charge in [0.15, 0.2) is 0 Å². The number of hydrogen-bond acceptors (Lipinski definition) is 2. The molecule has 0 unspecified atom stereocenters. The monoisotopic (exact) mass is 198 g/mol. The number of allylic oxidation sites excluding steroid dienone is 2. The van der Waals surface area contributed by atoms with Gasteiger partial charge in [0.1, 0.15) is 0 Å². The van der Waals surface area contributed by atoms with Crippen molar-refractivity contribution in [2.24, 2.45) is 5.41 Å². The third-order valence-corrected chi connectivity index (χ3v) is 1.54. The summed E-state index contributed by atoms with van der Waals surface area (Å²) in [4.78, 5) is 20.9. The van der Waals surface area contributed by atoms with E-state index in [1.807, 2.05) is 0 Å². The van der Waals surface area contributed by atoms with Crippen molar-refractivity contribution in [1.29, 1.82) is 0 Å². The highest BCUT2D eigenvalue weighted by molar-refractivity contribution is 5.88. The first kappa shape index (κ1) is 12.4. The van der Waals surface area contributed by atoms with Crippen molar-refractivity contribution >= 4 is 11.9 Å². The molecule has 0 aliphatic rings. The van der Waals surface area contributed by atoms with E-state index in [9.17, 15) is 9.59 Å². The molecule has 0 aromatic rings. The van der Waals surface area contributed by atoms with Crippen LogP contribution in [-0.4, -0.2) is 22.2 Å². The van der Waals surface area contributed by atoms with Crippen molar-refractivity contribution in [3.05, 3.63) is 23.8 Å². The average molecular weight is 198 g/mol. The molecular formula is C10H14O4. The van der Waals surface area contributed by atoms with E-state index < -0.39 is 17.4 Å². The summed E-state index contributed by atoms with van der Waals surface area (Å²) >= 11 is 0. The van der Waals surface area contributed by atoms with E-state index in [2.05, 4.69) is 0 Å². The molecule has 0 aromatic carbocycles. The highest BCUT2D eigenvalue weighted by Crippen LogP contribution is 2.25. The smallest absolute Gasteiger partial charge is 0.332 e. The number of carbonyl (C=O) groups is 2. The fraction of sp³-hybridized carbons (Fsp3) is 0.400. The lowest BCUT2D eigenvalue weighted by atomic mass is 9.86. The summed E-state index contributed by atoms with van der Waals surface area (Å²) in [5, 5.41) is 17.1. The molecule has 2 N–H and O–H groups in total. The maximum atomic E-state index is 10.8. The molecule has 4 nitrogen and oxygen atoms in total. The van der Waals surface area contributed by atoms with Crippen LogP contribution in [0.2, 0.25) is 0 Å². The maximum absolute atomic E-state index is 10.8. The van der Waals surface area contributed by atoms with Crippen molar-refractivity contribution in [2.75, 3.05) is 0 Å². The van der Waals surface area contributed by atoms with Gasteiger partial charge in [0.05, 0.1) is 0 Å². The molecule has 78 valence electrons. The highest BCUT2D eigenvalue weighted by Gasteiger charge is 2.22. The topological polar surface area (TPSA) is 74.6 Å². The largest absolute Gasteiger partial charge is 0.478 e. The lowest BCUT2D eigenvalue weighted by Crippen LogP contribution is -2.17. The standard InChI is InChI=1S/C10H14O4/c1-10(2,3)7(9(13)14)5-4-6-8(11)12/h4-6H,1-3H3,(H,11,12)(H,13,14)/b6-4-,7-5+. The normalized spacial score (nSPS) is 13.2. The lowest BCUT2D eigenvalue weighted by molar-refractivity contribution is -0.134. The minimum Gasteiger partial charge on any atom is -0.478 e. The second-order valence-corrected chi connectivity index (χ2v) is 3.83. The molecule has 0 saturated heterocycles. The Morgan fingerprint density at radius 1 is 1.14 bits per heavy atom. The van der Waals surface area contributed by atoms with E-state index in [0.717, 1.165) is 6.08 Å². The Hall–Kier alpha value is -1.58.